The number of hydrogen-bond acceptors (Lipinski definition) is 6. The van der Waals surface area contributed by atoms with Crippen molar-refractivity contribution in [2.24, 2.45) is 0 Å². The summed E-state index contributed by atoms with van der Waals surface area (Å²) >= 11 is 0. The summed E-state index contributed by atoms with van der Waals surface area (Å²) in [7, 11) is 0. The lowest BCUT2D eigenvalue weighted by atomic mass is 10.2. The molecule has 114 valence electrons. The number of carbonyl (C=O) groups is 1. The van der Waals surface area contributed by atoms with Gasteiger partial charge in [0.2, 0.25) is 0 Å². The maximum absolute atomic E-state index is 12.2. The van der Waals surface area contributed by atoms with Crippen molar-refractivity contribution in [3.63, 3.8) is 0 Å². The van der Waals surface area contributed by atoms with Crippen LogP contribution >= 0.6 is 0 Å². The van der Waals surface area contributed by atoms with Gasteiger partial charge in [0.25, 0.3) is 5.91 Å². The summed E-state index contributed by atoms with van der Waals surface area (Å²) in [4.78, 5) is 28.6. The van der Waals surface area contributed by atoms with E-state index in [4.69, 9.17) is 5.73 Å². The van der Waals surface area contributed by atoms with Crippen LogP contribution in [-0.4, -0.2) is 25.8 Å². The highest BCUT2D eigenvalue weighted by Crippen LogP contribution is 2.15. The molecule has 0 bridgehead atoms. The molecule has 3 heterocycles. The van der Waals surface area contributed by atoms with Crippen LogP contribution in [0, 0.1) is 0 Å². The number of nitrogens with zero attached hydrogens (tertiary/aromatic N) is 4. The molecule has 0 spiro atoms. The third-order valence-corrected chi connectivity index (χ3v) is 3.16. The van der Waals surface area contributed by atoms with E-state index in [-0.39, 0.29) is 17.3 Å². The van der Waals surface area contributed by atoms with Crippen molar-refractivity contribution < 1.29 is 4.79 Å². The first-order valence-electron chi connectivity index (χ1n) is 6.95. The number of anilines is 1. The molecule has 0 aliphatic carbocycles. The zero-order valence-electron chi connectivity index (χ0n) is 12.2. The van der Waals surface area contributed by atoms with Gasteiger partial charge in [-0.2, -0.15) is 0 Å². The Balaban J connectivity index is 1.74. The van der Waals surface area contributed by atoms with Crippen LogP contribution < -0.4 is 11.1 Å². The van der Waals surface area contributed by atoms with Gasteiger partial charge >= 0.3 is 0 Å². The van der Waals surface area contributed by atoms with Crippen LogP contribution in [0.15, 0.2) is 55.1 Å². The number of nitrogens with two attached hydrogens (primary N) is 1. The molecule has 0 aliphatic rings. The van der Waals surface area contributed by atoms with Gasteiger partial charge < -0.3 is 11.1 Å². The first kappa shape index (κ1) is 14.6. The summed E-state index contributed by atoms with van der Waals surface area (Å²) in [5, 5.41) is 2.77. The van der Waals surface area contributed by atoms with Crippen LogP contribution in [0.4, 0.5) is 5.82 Å². The van der Waals surface area contributed by atoms with Crippen LogP contribution in [0.3, 0.4) is 0 Å². The molecule has 3 rings (SSSR count). The zero-order chi connectivity index (χ0) is 16.1. The van der Waals surface area contributed by atoms with Crippen LogP contribution in [0.5, 0.6) is 0 Å². The molecule has 7 nitrogen and oxygen atoms in total. The van der Waals surface area contributed by atoms with Gasteiger partial charge in [-0.05, 0) is 29.8 Å². The fourth-order valence-corrected chi connectivity index (χ4v) is 1.97. The predicted molar refractivity (Wildman–Crippen MR) is 85.1 cm³/mol. The fraction of sp³-hybridized carbons (Fsp3) is 0.0625. The molecule has 23 heavy (non-hydrogen) atoms. The molecule has 3 N–H and O–H groups in total. The summed E-state index contributed by atoms with van der Waals surface area (Å²) in [6, 6.07) is 9.05. The summed E-state index contributed by atoms with van der Waals surface area (Å²) in [5.74, 6) is 0.175. The standard InChI is InChI=1S/C16H14N6O/c17-14-12(16(23)21-9-11-4-7-18-8-5-11)10-20-15(22-14)13-3-1-2-6-19-13/h1-8,10H,9H2,(H,21,23)(H2,17,20,22). The monoisotopic (exact) mass is 306 g/mol. The van der Waals surface area contributed by atoms with E-state index in [1.807, 2.05) is 18.2 Å². The molecule has 1 amide bonds. The maximum Gasteiger partial charge on any atom is 0.256 e. The third kappa shape index (κ3) is 3.46. The molecule has 0 fully saturated rings. The Bertz CT molecular complexity index is 807. The van der Waals surface area contributed by atoms with E-state index in [2.05, 4.69) is 25.3 Å². The number of hydrogen-bond donors (Lipinski definition) is 2. The number of pyridine rings is 2. The zero-order valence-corrected chi connectivity index (χ0v) is 12.2. The van der Waals surface area contributed by atoms with Gasteiger partial charge in [-0.1, -0.05) is 6.07 Å². The highest BCUT2D eigenvalue weighted by atomic mass is 16.1. The smallest absolute Gasteiger partial charge is 0.256 e. The average molecular weight is 306 g/mol. The SMILES string of the molecule is Nc1nc(-c2ccccn2)ncc1C(=O)NCc1ccncc1. The molecule has 7 heteroatoms. The third-order valence-electron chi connectivity index (χ3n) is 3.16. The molecular formula is C16H14N6O. The Labute approximate surface area is 132 Å². The number of nitrogens with one attached hydrogen (secondary N) is 1. The Morgan fingerprint density at radius 1 is 1.09 bits per heavy atom. The van der Waals surface area contributed by atoms with E-state index in [1.165, 1.54) is 6.20 Å². The van der Waals surface area contributed by atoms with Crippen molar-refractivity contribution in [2.45, 2.75) is 6.54 Å². The molecule has 0 aliphatic heterocycles. The maximum atomic E-state index is 12.2. The molecule has 0 unspecified atom stereocenters. The Morgan fingerprint density at radius 3 is 2.61 bits per heavy atom. The highest BCUT2D eigenvalue weighted by molar-refractivity contribution is 5.98. The molecule has 0 saturated heterocycles. The van der Waals surface area contributed by atoms with Gasteiger partial charge in [-0.15, -0.1) is 0 Å². The van der Waals surface area contributed by atoms with Crippen molar-refractivity contribution in [2.75, 3.05) is 5.73 Å². The average Bonchev–Trinajstić information content (AvgIpc) is 2.61. The van der Waals surface area contributed by atoms with Crippen molar-refractivity contribution in [1.29, 1.82) is 0 Å². The fourth-order valence-electron chi connectivity index (χ4n) is 1.97. The number of rotatable bonds is 4. The Hall–Kier alpha value is -3.35. The second kappa shape index (κ2) is 6.61. The van der Waals surface area contributed by atoms with E-state index in [1.54, 1.807) is 30.7 Å². The first-order valence-corrected chi connectivity index (χ1v) is 6.95. The summed E-state index contributed by atoms with van der Waals surface area (Å²) in [6.07, 6.45) is 6.39. The molecule has 3 aromatic heterocycles. The lowest BCUT2D eigenvalue weighted by molar-refractivity contribution is 0.0951. The number of amides is 1. The Kier molecular flexibility index (Phi) is 4.19. The minimum Gasteiger partial charge on any atom is -0.383 e. The van der Waals surface area contributed by atoms with Crippen molar-refractivity contribution in [3.8, 4) is 11.5 Å². The summed E-state index contributed by atoms with van der Waals surface area (Å²) < 4.78 is 0. The number of nitrogen functional groups attached to an aromatic ring is 1. The van der Waals surface area contributed by atoms with E-state index in [9.17, 15) is 4.79 Å². The van der Waals surface area contributed by atoms with E-state index in [0.29, 0.717) is 18.1 Å². The van der Waals surface area contributed by atoms with Crippen molar-refractivity contribution in [1.82, 2.24) is 25.3 Å². The van der Waals surface area contributed by atoms with Crippen LogP contribution in [0.25, 0.3) is 11.5 Å². The van der Waals surface area contributed by atoms with Crippen LogP contribution in [0.1, 0.15) is 15.9 Å². The first-order chi connectivity index (χ1) is 11.2. The van der Waals surface area contributed by atoms with Crippen molar-refractivity contribution >= 4 is 11.7 Å². The van der Waals surface area contributed by atoms with Gasteiger partial charge in [-0.25, -0.2) is 9.97 Å². The largest absolute Gasteiger partial charge is 0.383 e. The second-order valence-corrected chi connectivity index (χ2v) is 4.75. The van der Waals surface area contributed by atoms with E-state index < -0.39 is 0 Å². The molecule has 0 aromatic carbocycles. The summed E-state index contributed by atoms with van der Waals surface area (Å²) in [5.41, 5.74) is 7.66. The second-order valence-electron chi connectivity index (χ2n) is 4.75. The quantitative estimate of drug-likeness (QED) is 0.755. The lowest BCUT2D eigenvalue weighted by Gasteiger charge is -2.08. The van der Waals surface area contributed by atoms with Gasteiger partial charge in [0.05, 0.1) is 5.56 Å². The molecule has 0 saturated carbocycles. The van der Waals surface area contributed by atoms with Gasteiger partial charge in [0, 0.05) is 31.3 Å². The van der Waals surface area contributed by atoms with E-state index in [0.717, 1.165) is 5.56 Å². The normalized spacial score (nSPS) is 10.3. The highest BCUT2D eigenvalue weighted by Gasteiger charge is 2.13. The van der Waals surface area contributed by atoms with E-state index >= 15 is 0 Å². The number of aromatic nitrogens is 4. The summed E-state index contributed by atoms with van der Waals surface area (Å²) in [6.45, 7) is 0.378. The topological polar surface area (TPSA) is 107 Å². The van der Waals surface area contributed by atoms with Gasteiger partial charge in [0.15, 0.2) is 5.82 Å². The van der Waals surface area contributed by atoms with Crippen LogP contribution in [-0.2, 0) is 6.54 Å². The van der Waals surface area contributed by atoms with Crippen molar-refractivity contribution in [3.05, 3.63) is 66.2 Å². The minimum absolute atomic E-state index is 0.118. The number of carbonyl (C=O) groups excluding carboxylic acids is 1. The van der Waals surface area contributed by atoms with Crippen LogP contribution in [0.2, 0.25) is 0 Å². The van der Waals surface area contributed by atoms with Gasteiger partial charge in [0.1, 0.15) is 11.5 Å². The molecule has 0 atom stereocenters. The molecule has 0 radical (unpaired) electrons. The Morgan fingerprint density at radius 2 is 1.91 bits per heavy atom. The minimum atomic E-state index is -0.327. The molecule has 3 aromatic rings. The van der Waals surface area contributed by atoms with Gasteiger partial charge in [-0.3, -0.25) is 14.8 Å². The lowest BCUT2D eigenvalue weighted by Crippen LogP contribution is -2.24. The predicted octanol–water partition coefficient (Wildman–Crippen LogP) is 1.45. The molecular weight excluding hydrogens is 292 g/mol.